The quantitative estimate of drug-likeness (QED) is 0.412. The molecule has 0 fully saturated rings. The van der Waals surface area contributed by atoms with Crippen molar-refractivity contribution in [3.63, 3.8) is 0 Å². The van der Waals surface area contributed by atoms with Crippen LogP contribution < -0.4 is 15.9 Å². The standard InChI is InChI=1S/C20H22FN5O2S/c1-14-4-2-3-5-15(14)10-11-23-19(27)13-29-20-25-24-18(26(20)22)12-28-17-8-6-16(21)7-9-17/h2-9H,10-13,22H2,1H3,(H,23,27). The fourth-order valence-electron chi connectivity index (χ4n) is 2.59. The molecule has 0 aliphatic rings. The normalized spacial score (nSPS) is 10.7. The maximum absolute atomic E-state index is 12.9. The number of ether oxygens (including phenoxy) is 1. The van der Waals surface area contributed by atoms with Crippen molar-refractivity contribution in [3.8, 4) is 5.75 Å². The summed E-state index contributed by atoms with van der Waals surface area (Å²) in [5.74, 6) is 6.61. The number of nitrogens with zero attached hydrogens (tertiary/aromatic N) is 3. The number of halogens is 1. The maximum Gasteiger partial charge on any atom is 0.230 e. The lowest BCUT2D eigenvalue weighted by Gasteiger charge is -2.08. The Morgan fingerprint density at radius 2 is 1.97 bits per heavy atom. The molecule has 0 unspecified atom stereocenters. The zero-order valence-electron chi connectivity index (χ0n) is 16.0. The van der Waals surface area contributed by atoms with Crippen LogP contribution in [0.15, 0.2) is 53.7 Å². The summed E-state index contributed by atoms with van der Waals surface area (Å²) < 4.78 is 19.7. The molecule has 0 bridgehead atoms. The number of hydrogen-bond acceptors (Lipinski definition) is 6. The predicted octanol–water partition coefficient (Wildman–Crippen LogP) is 2.47. The summed E-state index contributed by atoms with van der Waals surface area (Å²) in [5, 5.41) is 11.3. The number of rotatable bonds is 9. The van der Waals surface area contributed by atoms with E-state index in [2.05, 4.69) is 34.6 Å². The third-order valence-electron chi connectivity index (χ3n) is 4.23. The van der Waals surface area contributed by atoms with E-state index in [0.29, 0.717) is 23.3 Å². The minimum atomic E-state index is -0.338. The number of nitrogens with one attached hydrogen (secondary N) is 1. The summed E-state index contributed by atoms with van der Waals surface area (Å²) in [6.07, 6.45) is 0.779. The van der Waals surface area contributed by atoms with Gasteiger partial charge in [0.25, 0.3) is 0 Å². The van der Waals surface area contributed by atoms with Gasteiger partial charge in [-0.2, -0.15) is 0 Å². The first kappa shape index (κ1) is 20.7. The fourth-order valence-corrected chi connectivity index (χ4v) is 3.30. The number of aryl methyl sites for hydroxylation is 1. The van der Waals surface area contributed by atoms with Crippen molar-refractivity contribution < 1.29 is 13.9 Å². The van der Waals surface area contributed by atoms with Gasteiger partial charge in [-0.3, -0.25) is 4.79 Å². The number of carbonyl (C=O) groups excluding carboxylic acids is 1. The molecule has 0 aliphatic heterocycles. The van der Waals surface area contributed by atoms with Gasteiger partial charge in [-0.15, -0.1) is 10.2 Å². The molecule has 152 valence electrons. The summed E-state index contributed by atoms with van der Waals surface area (Å²) >= 11 is 1.20. The zero-order valence-corrected chi connectivity index (χ0v) is 16.8. The second kappa shape index (κ2) is 9.92. The van der Waals surface area contributed by atoms with Crippen molar-refractivity contribution in [3.05, 3.63) is 71.3 Å². The minimum absolute atomic E-state index is 0.0817. The van der Waals surface area contributed by atoms with E-state index in [0.717, 1.165) is 6.42 Å². The van der Waals surface area contributed by atoms with Crippen LogP contribution in [0.1, 0.15) is 17.0 Å². The van der Waals surface area contributed by atoms with Crippen molar-refractivity contribution in [2.24, 2.45) is 0 Å². The molecule has 3 aromatic rings. The molecule has 0 spiro atoms. The maximum atomic E-state index is 12.9. The van der Waals surface area contributed by atoms with E-state index < -0.39 is 0 Å². The van der Waals surface area contributed by atoms with Gasteiger partial charge in [0.15, 0.2) is 5.82 Å². The molecular weight excluding hydrogens is 393 g/mol. The Bertz CT molecular complexity index is 962. The number of amides is 1. The second-order valence-electron chi connectivity index (χ2n) is 6.33. The van der Waals surface area contributed by atoms with Crippen LogP contribution in [0.25, 0.3) is 0 Å². The van der Waals surface area contributed by atoms with Gasteiger partial charge in [0.2, 0.25) is 11.1 Å². The number of hydrogen-bond donors (Lipinski definition) is 2. The third-order valence-corrected chi connectivity index (χ3v) is 5.17. The van der Waals surface area contributed by atoms with Gasteiger partial charge in [0.1, 0.15) is 18.2 Å². The van der Waals surface area contributed by atoms with E-state index in [1.54, 1.807) is 0 Å². The number of thioether (sulfide) groups is 1. The highest BCUT2D eigenvalue weighted by atomic mass is 32.2. The fraction of sp³-hybridized carbons (Fsp3) is 0.250. The van der Waals surface area contributed by atoms with Crippen molar-refractivity contribution in [1.29, 1.82) is 0 Å². The molecule has 0 saturated heterocycles. The molecule has 1 aromatic heterocycles. The minimum Gasteiger partial charge on any atom is -0.486 e. The molecule has 0 atom stereocenters. The van der Waals surface area contributed by atoms with Crippen molar-refractivity contribution in [2.75, 3.05) is 18.1 Å². The van der Waals surface area contributed by atoms with Crippen LogP contribution in [0.2, 0.25) is 0 Å². The van der Waals surface area contributed by atoms with Gasteiger partial charge >= 0.3 is 0 Å². The van der Waals surface area contributed by atoms with Gasteiger partial charge in [0, 0.05) is 6.54 Å². The topological polar surface area (TPSA) is 95.1 Å². The molecule has 0 radical (unpaired) electrons. The summed E-state index contributed by atoms with van der Waals surface area (Å²) in [4.78, 5) is 12.1. The van der Waals surface area contributed by atoms with E-state index in [1.165, 1.54) is 51.8 Å². The number of nitrogen functional groups attached to an aromatic ring is 1. The largest absolute Gasteiger partial charge is 0.486 e. The highest BCUT2D eigenvalue weighted by Gasteiger charge is 2.13. The van der Waals surface area contributed by atoms with E-state index in [9.17, 15) is 9.18 Å². The average molecular weight is 415 g/mol. The summed E-state index contributed by atoms with van der Waals surface area (Å²) in [6, 6.07) is 13.7. The highest BCUT2D eigenvalue weighted by Crippen LogP contribution is 2.16. The first-order chi connectivity index (χ1) is 14.0. The summed E-state index contributed by atoms with van der Waals surface area (Å²) in [7, 11) is 0. The van der Waals surface area contributed by atoms with Crippen molar-refractivity contribution >= 4 is 17.7 Å². The van der Waals surface area contributed by atoms with Gasteiger partial charge in [-0.05, 0) is 48.7 Å². The predicted molar refractivity (Wildman–Crippen MR) is 110 cm³/mol. The van der Waals surface area contributed by atoms with Crippen molar-refractivity contribution in [2.45, 2.75) is 25.1 Å². The molecule has 2 aromatic carbocycles. The Morgan fingerprint density at radius 3 is 2.72 bits per heavy atom. The Kier molecular flexibility index (Phi) is 7.07. The molecule has 3 rings (SSSR count). The Hall–Kier alpha value is -3.07. The lowest BCUT2D eigenvalue weighted by Crippen LogP contribution is -2.27. The van der Waals surface area contributed by atoms with Crippen LogP contribution >= 0.6 is 11.8 Å². The van der Waals surface area contributed by atoms with Crippen molar-refractivity contribution in [1.82, 2.24) is 20.2 Å². The number of nitrogens with two attached hydrogens (primary N) is 1. The van der Waals surface area contributed by atoms with Crippen LogP contribution in [-0.4, -0.2) is 33.1 Å². The van der Waals surface area contributed by atoms with Crippen LogP contribution in [0.4, 0.5) is 4.39 Å². The first-order valence-electron chi connectivity index (χ1n) is 9.04. The van der Waals surface area contributed by atoms with Gasteiger partial charge in [0.05, 0.1) is 5.75 Å². The molecule has 0 saturated carbocycles. The van der Waals surface area contributed by atoms with E-state index in [4.69, 9.17) is 10.6 Å². The van der Waals surface area contributed by atoms with Crippen LogP contribution in [0.5, 0.6) is 5.75 Å². The Morgan fingerprint density at radius 1 is 1.21 bits per heavy atom. The Labute approximate surface area is 172 Å². The Balaban J connectivity index is 1.42. The monoisotopic (exact) mass is 415 g/mol. The molecule has 29 heavy (non-hydrogen) atoms. The first-order valence-corrected chi connectivity index (χ1v) is 10.0. The molecular formula is C20H22FN5O2S. The SMILES string of the molecule is Cc1ccccc1CCNC(=O)CSc1nnc(COc2ccc(F)cc2)n1N. The van der Waals surface area contributed by atoms with Crippen LogP contribution in [0, 0.1) is 12.7 Å². The molecule has 0 aliphatic carbocycles. The summed E-state index contributed by atoms with van der Waals surface area (Å²) in [6.45, 7) is 2.70. The van der Waals surface area contributed by atoms with Gasteiger partial charge < -0.3 is 15.9 Å². The molecule has 3 N–H and O–H groups in total. The zero-order chi connectivity index (χ0) is 20.6. The lowest BCUT2D eigenvalue weighted by atomic mass is 10.1. The van der Waals surface area contributed by atoms with E-state index in [1.807, 2.05) is 12.1 Å². The smallest absolute Gasteiger partial charge is 0.230 e. The number of aromatic nitrogens is 3. The molecule has 9 heteroatoms. The van der Waals surface area contributed by atoms with E-state index >= 15 is 0 Å². The van der Waals surface area contributed by atoms with Gasteiger partial charge in [-0.1, -0.05) is 36.0 Å². The van der Waals surface area contributed by atoms with Crippen LogP contribution in [-0.2, 0) is 17.8 Å². The molecule has 1 heterocycles. The molecule has 1 amide bonds. The summed E-state index contributed by atoms with van der Waals surface area (Å²) in [5.41, 5.74) is 2.43. The number of benzene rings is 2. The second-order valence-corrected chi connectivity index (χ2v) is 7.27. The van der Waals surface area contributed by atoms with E-state index in [-0.39, 0.29) is 24.1 Å². The number of carbonyl (C=O) groups is 1. The van der Waals surface area contributed by atoms with Gasteiger partial charge in [-0.25, -0.2) is 9.07 Å². The highest BCUT2D eigenvalue weighted by molar-refractivity contribution is 7.99. The third kappa shape index (κ3) is 5.95. The van der Waals surface area contributed by atoms with Crippen LogP contribution in [0.3, 0.4) is 0 Å². The average Bonchev–Trinajstić information content (AvgIpc) is 3.07. The lowest BCUT2D eigenvalue weighted by molar-refractivity contribution is -0.118. The molecule has 7 nitrogen and oxygen atoms in total.